The Morgan fingerprint density at radius 2 is 1.83 bits per heavy atom. The van der Waals surface area contributed by atoms with Gasteiger partial charge in [-0.1, -0.05) is 0 Å². The summed E-state index contributed by atoms with van der Waals surface area (Å²) < 4.78 is 6.61. The fraction of sp³-hybridized carbons (Fsp3) is 0.294. The van der Waals surface area contributed by atoms with Crippen molar-refractivity contribution in [3.63, 3.8) is 0 Å². The molecule has 0 fully saturated rings. The lowest BCUT2D eigenvalue weighted by atomic mass is 10.1. The number of ether oxygens (including phenoxy) is 1. The summed E-state index contributed by atoms with van der Waals surface area (Å²) in [6.45, 7) is 2.09. The van der Waals surface area contributed by atoms with Crippen molar-refractivity contribution in [2.45, 2.75) is 19.8 Å². The van der Waals surface area contributed by atoms with Crippen LogP contribution < -0.4 is 0 Å². The van der Waals surface area contributed by atoms with Gasteiger partial charge in [0.15, 0.2) is 0 Å². The Kier molecular flexibility index (Phi) is 5.47. The number of hydrogen-bond donors (Lipinski definition) is 0. The lowest BCUT2D eigenvalue weighted by molar-refractivity contribution is -0.384. The number of hydrogen-bond acceptors (Lipinski definition) is 5. The molecule has 0 spiro atoms. The molecule has 0 bridgehead atoms. The van der Waals surface area contributed by atoms with E-state index in [0.717, 1.165) is 5.69 Å². The summed E-state index contributed by atoms with van der Waals surface area (Å²) in [4.78, 5) is 34.1. The van der Waals surface area contributed by atoms with Crippen molar-refractivity contribution in [3.05, 3.63) is 63.5 Å². The van der Waals surface area contributed by atoms with Crippen LogP contribution in [0.2, 0.25) is 0 Å². The molecule has 126 valence electrons. The summed E-state index contributed by atoms with van der Waals surface area (Å²) in [5.41, 5.74) is 1.61. The molecule has 0 saturated carbocycles. The monoisotopic (exact) mass is 330 g/mol. The van der Waals surface area contributed by atoms with Crippen molar-refractivity contribution in [3.8, 4) is 0 Å². The number of nitrogens with zero attached hydrogens (tertiary/aromatic N) is 2. The number of aryl methyl sites for hydroxylation is 1. The molecule has 0 atom stereocenters. The first-order valence-corrected chi connectivity index (χ1v) is 7.53. The molecule has 0 unspecified atom stereocenters. The van der Waals surface area contributed by atoms with Gasteiger partial charge in [0.25, 0.3) is 5.69 Å². The number of nitro benzene ring substituents is 1. The fourth-order valence-electron chi connectivity index (χ4n) is 2.38. The average Bonchev–Trinajstić information content (AvgIpc) is 2.93. The Morgan fingerprint density at radius 3 is 2.42 bits per heavy atom. The summed E-state index contributed by atoms with van der Waals surface area (Å²) in [7, 11) is 1.75. The number of benzene rings is 1. The minimum absolute atomic E-state index is 0.0615. The zero-order valence-electron chi connectivity index (χ0n) is 13.5. The van der Waals surface area contributed by atoms with Crippen LogP contribution in [0.3, 0.4) is 0 Å². The van der Waals surface area contributed by atoms with Crippen molar-refractivity contribution >= 4 is 17.4 Å². The number of carbonyl (C=O) groups is 2. The van der Waals surface area contributed by atoms with E-state index in [1.807, 2.05) is 0 Å². The van der Waals surface area contributed by atoms with Crippen molar-refractivity contribution in [2.75, 3.05) is 6.61 Å². The summed E-state index contributed by atoms with van der Waals surface area (Å²) >= 11 is 0. The highest BCUT2D eigenvalue weighted by atomic mass is 16.6. The minimum atomic E-state index is -0.510. The summed E-state index contributed by atoms with van der Waals surface area (Å²) in [6, 6.07) is 8.95. The van der Waals surface area contributed by atoms with Crippen LogP contribution in [0.5, 0.6) is 0 Å². The lowest BCUT2D eigenvalue weighted by Crippen LogP contribution is -2.11. The maximum atomic E-state index is 12.5. The number of aromatic nitrogens is 1. The average molecular weight is 330 g/mol. The van der Waals surface area contributed by atoms with Crippen molar-refractivity contribution in [1.82, 2.24) is 4.57 Å². The van der Waals surface area contributed by atoms with Crippen LogP contribution in [0.4, 0.5) is 5.69 Å². The second-order valence-corrected chi connectivity index (χ2v) is 5.21. The molecule has 0 N–H and O–H groups in total. The van der Waals surface area contributed by atoms with E-state index in [9.17, 15) is 19.7 Å². The first-order chi connectivity index (χ1) is 11.4. The van der Waals surface area contributed by atoms with Gasteiger partial charge in [-0.2, -0.15) is 0 Å². The molecule has 7 heteroatoms. The van der Waals surface area contributed by atoms with E-state index in [2.05, 4.69) is 0 Å². The van der Waals surface area contributed by atoms with Gasteiger partial charge in [0.05, 0.1) is 23.6 Å². The zero-order valence-corrected chi connectivity index (χ0v) is 13.5. The van der Waals surface area contributed by atoms with E-state index in [1.165, 1.54) is 24.3 Å². The van der Waals surface area contributed by atoms with Gasteiger partial charge >= 0.3 is 5.97 Å². The van der Waals surface area contributed by atoms with Crippen LogP contribution >= 0.6 is 0 Å². The van der Waals surface area contributed by atoms with Crippen LogP contribution in [-0.2, 0) is 23.0 Å². The van der Waals surface area contributed by atoms with E-state index in [-0.39, 0.29) is 23.9 Å². The predicted molar refractivity (Wildman–Crippen MR) is 86.9 cm³/mol. The molecule has 0 aliphatic heterocycles. The smallest absolute Gasteiger partial charge is 0.306 e. The Morgan fingerprint density at radius 1 is 1.17 bits per heavy atom. The third-order valence-corrected chi connectivity index (χ3v) is 3.69. The van der Waals surface area contributed by atoms with Gasteiger partial charge in [-0.05, 0) is 37.6 Å². The van der Waals surface area contributed by atoms with Gasteiger partial charge in [0.2, 0.25) is 5.78 Å². The molecule has 1 aromatic heterocycles. The van der Waals surface area contributed by atoms with E-state index in [0.29, 0.717) is 24.3 Å². The first kappa shape index (κ1) is 17.4. The third-order valence-electron chi connectivity index (χ3n) is 3.69. The highest BCUT2D eigenvalue weighted by Gasteiger charge is 2.16. The fourth-order valence-corrected chi connectivity index (χ4v) is 2.38. The molecule has 1 heterocycles. The van der Waals surface area contributed by atoms with Crippen LogP contribution in [0, 0.1) is 10.1 Å². The van der Waals surface area contributed by atoms with Crippen LogP contribution in [0.25, 0.3) is 0 Å². The Labute approximate surface area is 139 Å². The molecule has 0 aliphatic carbocycles. The quantitative estimate of drug-likeness (QED) is 0.337. The van der Waals surface area contributed by atoms with E-state index in [4.69, 9.17) is 4.74 Å². The van der Waals surface area contributed by atoms with E-state index >= 15 is 0 Å². The SMILES string of the molecule is CCOC(=O)CCc1ccc(C(=O)c2ccc([N+](=O)[O-])cc2)n1C. The molecule has 0 aliphatic rings. The van der Waals surface area contributed by atoms with Gasteiger partial charge < -0.3 is 9.30 Å². The number of ketones is 1. The standard InChI is InChI=1S/C17H18N2O5/c1-3-24-16(20)11-9-13-8-10-15(18(13)2)17(21)12-4-6-14(7-5-12)19(22)23/h4-8,10H,3,9,11H2,1-2H3. The number of esters is 1. The van der Waals surface area contributed by atoms with Gasteiger partial charge in [-0.3, -0.25) is 19.7 Å². The topological polar surface area (TPSA) is 91.4 Å². The number of nitro groups is 1. The summed E-state index contributed by atoms with van der Waals surface area (Å²) in [5, 5.41) is 10.7. The summed E-state index contributed by atoms with van der Waals surface area (Å²) in [6.07, 6.45) is 0.722. The number of non-ortho nitro benzene ring substituents is 1. The van der Waals surface area contributed by atoms with Crippen LogP contribution in [-0.4, -0.2) is 27.8 Å². The second-order valence-electron chi connectivity index (χ2n) is 5.21. The highest BCUT2D eigenvalue weighted by molar-refractivity contribution is 6.08. The van der Waals surface area contributed by atoms with Crippen LogP contribution in [0.1, 0.15) is 35.1 Å². The maximum absolute atomic E-state index is 12.5. The molecule has 0 amide bonds. The largest absolute Gasteiger partial charge is 0.466 e. The van der Waals surface area contributed by atoms with Crippen LogP contribution in [0.15, 0.2) is 36.4 Å². The van der Waals surface area contributed by atoms with E-state index < -0.39 is 4.92 Å². The predicted octanol–water partition coefficient (Wildman–Crippen LogP) is 2.66. The molecule has 1 aromatic carbocycles. The van der Waals surface area contributed by atoms with Crippen molar-refractivity contribution in [2.24, 2.45) is 7.05 Å². The highest BCUT2D eigenvalue weighted by Crippen LogP contribution is 2.17. The summed E-state index contributed by atoms with van der Waals surface area (Å²) in [5.74, 6) is -0.503. The number of rotatable bonds is 7. The molecule has 2 aromatic rings. The van der Waals surface area contributed by atoms with Gasteiger partial charge in [0, 0.05) is 30.4 Å². The first-order valence-electron chi connectivity index (χ1n) is 7.53. The molecule has 0 saturated heterocycles. The molecule has 2 rings (SSSR count). The zero-order chi connectivity index (χ0) is 17.7. The third kappa shape index (κ3) is 3.87. The lowest BCUT2D eigenvalue weighted by Gasteiger charge is -2.07. The van der Waals surface area contributed by atoms with Gasteiger partial charge in [-0.25, -0.2) is 0 Å². The molecule has 7 nitrogen and oxygen atoms in total. The number of carbonyl (C=O) groups excluding carboxylic acids is 2. The second kappa shape index (κ2) is 7.54. The minimum Gasteiger partial charge on any atom is -0.466 e. The molecular formula is C17H18N2O5. The maximum Gasteiger partial charge on any atom is 0.306 e. The van der Waals surface area contributed by atoms with E-state index in [1.54, 1.807) is 30.7 Å². The van der Waals surface area contributed by atoms with Gasteiger partial charge in [-0.15, -0.1) is 0 Å². The van der Waals surface area contributed by atoms with Crippen molar-refractivity contribution < 1.29 is 19.2 Å². The normalized spacial score (nSPS) is 10.4. The Hall–Kier alpha value is -2.96. The molecular weight excluding hydrogens is 312 g/mol. The Balaban J connectivity index is 2.13. The van der Waals surface area contributed by atoms with Crippen molar-refractivity contribution in [1.29, 1.82) is 0 Å². The van der Waals surface area contributed by atoms with Gasteiger partial charge in [0.1, 0.15) is 0 Å². The Bertz CT molecular complexity index is 762. The molecule has 24 heavy (non-hydrogen) atoms. The molecule has 0 radical (unpaired) electrons.